The van der Waals surface area contributed by atoms with E-state index in [0.717, 1.165) is 57.2 Å². The Morgan fingerprint density at radius 3 is 2.41 bits per heavy atom. The third-order valence-electron chi connectivity index (χ3n) is 5.40. The molecule has 0 aromatic heterocycles. The van der Waals surface area contributed by atoms with Gasteiger partial charge in [0.2, 0.25) is 0 Å². The van der Waals surface area contributed by atoms with Crippen LogP contribution in [-0.2, 0) is 16.0 Å². The molecule has 2 amide bonds. The molecule has 2 fully saturated rings. The van der Waals surface area contributed by atoms with Crippen molar-refractivity contribution in [2.24, 2.45) is 5.92 Å². The first-order valence-electron chi connectivity index (χ1n) is 10.1. The van der Waals surface area contributed by atoms with Gasteiger partial charge in [0.25, 0.3) is 0 Å². The summed E-state index contributed by atoms with van der Waals surface area (Å²) in [7, 11) is 0. The monoisotopic (exact) mass is 374 g/mol. The van der Waals surface area contributed by atoms with E-state index in [1.54, 1.807) is 0 Å². The molecule has 148 valence electrons. The summed E-state index contributed by atoms with van der Waals surface area (Å²) in [5.41, 5.74) is 1.05. The van der Waals surface area contributed by atoms with Crippen molar-refractivity contribution in [3.63, 3.8) is 0 Å². The lowest BCUT2D eigenvalue weighted by atomic mass is 9.88. The summed E-state index contributed by atoms with van der Waals surface area (Å²) in [6, 6.07) is 9.78. The molecule has 1 saturated heterocycles. The third kappa shape index (κ3) is 6.45. The number of ether oxygens (including phenoxy) is 2. The summed E-state index contributed by atoms with van der Waals surface area (Å²) in [6.07, 6.45) is 6.26. The molecule has 1 N–H and O–H groups in total. The van der Waals surface area contributed by atoms with Gasteiger partial charge in [0.05, 0.1) is 6.61 Å². The fraction of sp³-hybridized carbons (Fsp3) is 0.619. The highest BCUT2D eigenvalue weighted by Gasteiger charge is 2.26. The molecule has 6 nitrogen and oxygen atoms in total. The van der Waals surface area contributed by atoms with Crippen LogP contribution in [0, 0.1) is 5.92 Å². The third-order valence-corrected chi connectivity index (χ3v) is 5.40. The predicted molar refractivity (Wildman–Crippen MR) is 102 cm³/mol. The van der Waals surface area contributed by atoms with E-state index >= 15 is 0 Å². The number of nitrogens with zero attached hydrogens (tertiary/aromatic N) is 1. The first-order chi connectivity index (χ1) is 13.2. The molecule has 1 aliphatic carbocycles. The Morgan fingerprint density at radius 1 is 1.00 bits per heavy atom. The molecule has 1 heterocycles. The van der Waals surface area contributed by atoms with E-state index in [2.05, 4.69) is 5.32 Å². The maximum atomic E-state index is 12.1. The molecular weight excluding hydrogens is 344 g/mol. The summed E-state index contributed by atoms with van der Waals surface area (Å²) >= 11 is 0. The molecule has 0 bridgehead atoms. The molecule has 1 aliphatic heterocycles. The van der Waals surface area contributed by atoms with E-state index in [1.807, 2.05) is 35.2 Å². The molecule has 2 aliphatic rings. The highest BCUT2D eigenvalue weighted by atomic mass is 16.6. The maximum absolute atomic E-state index is 12.1. The number of benzene rings is 1. The molecule has 0 unspecified atom stereocenters. The van der Waals surface area contributed by atoms with Crippen LogP contribution in [0.5, 0.6) is 0 Å². The largest absolute Gasteiger partial charge is 0.449 e. The minimum Gasteiger partial charge on any atom is -0.449 e. The lowest BCUT2D eigenvalue weighted by Crippen LogP contribution is -2.37. The fourth-order valence-electron chi connectivity index (χ4n) is 3.74. The molecule has 1 aromatic carbocycles. The van der Waals surface area contributed by atoms with Crippen LogP contribution in [0.4, 0.5) is 9.59 Å². The summed E-state index contributed by atoms with van der Waals surface area (Å²) in [4.78, 5) is 25.8. The number of likely N-dealkylation sites (tertiary alicyclic amines) is 1. The lowest BCUT2D eigenvalue weighted by molar-refractivity contribution is 0.0412. The Kier molecular flexibility index (Phi) is 7.36. The second-order valence-electron chi connectivity index (χ2n) is 7.51. The van der Waals surface area contributed by atoms with E-state index in [4.69, 9.17) is 9.47 Å². The van der Waals surface area contributed by atoms with Crippen molar-refractivity contribution >= 4 is 12.2 Å². The minimum atomic E-state index is -0.362. The van der Waals surface area contributed by atoms with Gasteiger partial charge in [-0.1, -0.05) is 30.3 Å². The normalized spacial score (nSPS) is 22.7. The topological polar surface area (TPSA) is 67.9 Å². The van der Waals surface area contributed by atoms with Crippen molar-refractivity contribution in [3.05, 3.63) is 35.9 Å². The number of hydrogen-bond donors (Lipinski definition) is 1. The Hall–Kier alpha value is -2.24. The van der Waals surface area contributed by atoms with E-state index in [0.29, 0.717) is 19.1 Å². The van der Waals surface area contributed by atoms with Crippen molar-refractivity contribution in [2.75, 3.05) is 19.7 Å². The van der Waals surface area contributed by atoms with Crippen LogP contribution in [0.15, 0.2) is 30.3 Å². The van der Waals surface area contributed by atoms with E-state index in [9.17, 15) is 9.59 Å². The van der Waals surface area contributed by atoms with Crippen molar-refractivity contribution in [1.29, 1.82) is 0 Å². The predicted octanol–water partition coefficient (Wildman–Crippen LogP) is 4.09. The van der Waals surface area contributed by atoms with Crippen LogP contribution in [0.25, 0.3) is 0 Å². The SMILES string of the molecule is O=C(NCc1ccccc1)OC1CCC(COC(=O)N2CCCCC2)CC1. The van der Waals surface area contributed by atoms with Gasteiger partial charge in [-0.3, -0.25) is 0 Å². The van der Waals surface area contributed by atoms with Crippen LogP contribution >= 0.6 is 0 Å². The number of carbonyl (C=O) groups excluding carboxylic acids is 2. The number of amides is 2. The Balaban J connectivity index is 1.29. The van der Waals surface area contributed by atoms with Gasteiger partial charge in [0, 0.05) is 19.6 Å². The second kappa shape index (κ2) is 10.2. The van der Waals surface area contributed by atoms with Crippen molar-refractivity contribution in [3.8, 4) is 0 Å². The van der Waals surface area contributed by atoms with Crippen molar-refractivity contribution in [1.82, 2.24) is 10.2 Å². The number of rotatable bonds is 5. The van der Waals surface area contributed by atoms with Gasteiger partial charge in [-0.15, -0.1) is 0 Å². The Morgan fingerprint density at radius 2 is 1.70 bits per heavy atom. The summed E-state index contributed by atoms with van der Waals surface area (Å²) < 4.78 is 11.0. The number of carbonyl (C=O) groups is 2. The minimum absolute atomic E-state index is 0.0465. The highest BCUT2D eigenvalue weighted by Crippen LogP contribution is 2.27. The quantitative estimate of drug-likeness (QED) is 0.843. The van der Waals surface area contributed by atoms with Gasteiger partial charge in [-0.2, -0.15) is 0 Å². The summed E-state index contributed by atoms with van der Waals surface area (Å²) in [6.45, 7) is 2.58. The molecule has 0 atom stereocenters. The van der Waals surface area contributed by atoms with Gasteiger partial charge in [0.1, 0.15) is 6.10 Å². The zero-order valence-corrected chi connectivity index (χ0v) is 15.9. The molecule has 1 saturated carbocycles. The molecular formula is C21H30N2O4. The molecule has 6 heteroatoms. The van der Waals surface area contributed by atoms with Crippen molar-refractivity contribution in [2.45, 2.75) is 57.6 Å². The molecule has 1 aromatic rings. The van der Waals surface area contributed by atoms with E-state index in [-0.39, 0.29) is 18.3 Å². The van der Waals surface area contributed by atoms with E-state index < -0.39 is 0 Å². The number of hydrogen-bond acceptors (Lipinski definition) is 4. The van der Waals surface area contributed by atoms with Crippen LogP contribution in [-0.4, -0.2) is 42.9 Å². The van der Waals surface area contributed by atoms with Gasteiger partial charge in [-0.05, 0) is 56.4 Å². The second-order valence-corrected chi connectivity index (χ2v) is 7.51. The Labute approximate surface area is 161 Å². The lowest BCUT2D eigenvalue weighted by Gasteiger charge is -2.30. The summed E-state index contributed by atoms with van der Waals surface area (Å²) in [5, 5.41) is 2.80. The number of nitrogens with one attached hydrogen (secondary N) is 1. The maximum Gasteiger partial charge on any atom is 0.409 e. The average molecular weight is 374 g/mol. The smallest absolute Gasteiger partial charge is 0.409 e. The van der Waals surface area contributed by atoms with Crippen LogP contribution < -0.4 is 5.32 Å². The van der Waals surface area contributed by atoms with Gasteiger partial charge >= 0.3 is 12.2 Å². The zero-order valence-electron chi connectivity index (χ0n) is 15.9. The van der Waals surface area contributed by atoms with Crippen molar-refractivity contribution < 1.29 is 19.1 Å². The van der Waals surface area contributed by atoms with Crippen LogP contribution in [0.2, 0.25) is 0 Å². The number of alkyl carbamates (subject to hydrolysis) is 1. The molecule has 3 rings (SSSR count). The molecule has 0 radical (unpaired) electrons. The van der Waals surface area contributed by atoms with Gasteiger partial charge in [-0.25, -0.2) is 9.59 Å². The van der Waals surface area contributed by atoms with Crippen LogP contribution in [0.1, 0.15) is 50.5 Å². The number of piperidine rings is 1. The molecule has 0 spiro atoms. The Bertz CT molecular complexity index is 593. The first-order valence-corrected chi connectivity index (χ1v) is 10.1. The van der Waals surface area contributed by atoms with E-state index in [1.165, 1.54) is 6.42 Å². The highest BCUT2D eigenvalue weighted by molar-refractivity contribution is 5.68. The average Bonchev–Trinajstić information content (AvgIpc) is 2.73. The van der Waals surface area contributed by atoms with Crippen LogP contribution in [0.3, 0.4) is 0 Å². The zero-order chi connectivity index (χ0) is 18.9. The standard InChI is InChI=1S/C21H30N2O4/c24-20(22-15-17-7-3-1-4-8-17)27-19-11-9-18(10-12-19)16-26-21(25)23-13-5-2-6-14-23/h1,3-4,7-8,18-19H,2,5-6,9-16H2,(H,22,24). The molecule has 27 heavy (non-hydrogen) atoms. The summed E-state index contributed by atoms with van der Waals surface area (Å²) in [5.74, 6) is 0.367. The first kappa shape index (κ1) is 19.5. The fourth-order valence-corrected chi connectivity index (χ4v) is 3.74. The van der Waals surface area contributed by atoms with Gasteiger partial charge in [0.15, 0.2) is 0 Å². The van der Waals surface area contributed by atoms with Gasteiger partial charge < -0.3 is 19.7 Å².